The van der Waals surface area contributed by atoms with Crippen LogP contribution in [0.3, 0.4) is 0 Å². The van der Waals surface area contributed by atoms with Crippen molar-refractivity contribution in [3.05, 3.63) is 53.6 Å². The summed E-state index contributed by atoms with van der Waals surface area (Å²) in [6, 6.07) is 11.2. The molecule has 7 nitrogen and oxygen atoms in total. The fourth-order valence-corrected chi connectivity index (χ4v) is 3.01. The molecule has 8 heteroatoms. The van der Waals surface area contributed by atoms with E-state index in [0.717, 1.165) is 11.8 Å². The number of amides is 2. The molecule has 0 radical (unpaired) electrons. The molecule has 0 aliphatic carbocycles. The Bertz CT molecular complexity index is 938. The van der Waals surface area contributed by atoms with Crippen molar-refractivity contribution in [2.24, 2.45) is 0 Å². The van der Waals surface area contributed by atoms with Crippen molar-refractivity contribution in [2.45, 2.75) is 18.7 Å². The first-order valence-electron chi connectivity index (χ1n) is 8.43. The summed E-state index contributed by atoms with van der Waals surface area (Å²) in [6.07, 6.45) is 1.13. The van der Waals surface area contributed by atoms with E-state index in [2.05, 4.69) is 16.0 Å². The van der Waals surface area contributed by atoms with E-state index in [-0.39, 0.29) is 23.3 Å². The highest BCUT2D eigenvalue weighted by Crippen LogP contribution is 2.17. The average Bonchev–Trinajstić information content (AvgIpc) is 2.61. The van der Waals surface area contributed by atoms with Gasteiger partial charge in [0.1, 0.15) is 0 Å². The normalized spacial score (nSPS) is 10.9. The summed E-state index contributed by atoms with van der Waals surface area (Å²) in [4.78, 5) is 24.2. The standard InChI is InChI=1S/C19H23N3O4S/c1-4-20-19(24)14-6-5-13(2)17(11-14)21-12-18(23)22-15-7-9-16(10-8-15)27(3,25)26/h5-11,21H,4,12H2,1-3H3,(H,20,24)(H,22,23). The molecule has 0 aliphatic rings. The lowest BCUT2D eigenvalue weighted by atomic mass is 10.1. The molecule has 2 aromatic carbocycles. The molecule has 0 unspecified atom stereocenters. The Balaban J connectivity index is 1.99. The van der Waals surface area contributed by atoms with Gasteiger partial charge in [0, 0.05) is 29.7 Å². The number of aryl methyl sites for hydroxylation is 1. The lowest BCUT2D eigenvalue weighted by Crippen LogP contribution is -2.24. The Morgan fingerprint density at radius 2 is 1.70 bits per heavy atom. The van der Waals surface area contributed by atoms with Gasteiger partial charge in [0.2, 0.25) is 5.91 Å². The van der Waals surface area contributed by atoms with Gasteiger partial charge >= 0.3 is 0 Å². The second-order valence-corrected chi connectivity index (χ2v) is 8.10. The van der Waals surface area contributed by atoms with E-state index in [4.69, 9.17) is 0 Å². The molecule has 0 aromatic heterocycles. The summed E-state index contributed by atoms with van der Waals surface area (Å²) >= 11 is 0. The van der Waals surface area contributed by atoms with Gasteiger partial charge in [0.05, 0.1) is 11.4 Å². The number of benzene rings is 2. The van der Waals surface area contributed by atoms with Gasteiger partial charge in [0.25, 0.3) is 5.91 Å². The Hall–Kier alpha value is -2.87. The number of rotatable bonds is 7. The Morgan fingerprint density at radius 1 is 1.04 bits per heavy atom. The minimum absolute atomic E-state index is 0.00746. The van der Waals surface area contributed by atoms with Crippen molar-refractivity contribution >= 4 is 33.0 Å². The maximum atomic E-state index is 12.1. The third kappa shape index (κ3) is 5.82. The summed E-state index contributed by atoms with van der Waals surface area (Å²) in [6.45, 7) is 4.27. The van der Waals surface area contributed by atoms with Gasteiger partial charge in [-0.1, -0.05) is 6.07 Å². The Labute approximate surface area is 159 Å². The van der Waals surface area contributed by atoms with Gasteiger partial charge in [-0.3, -0.25) is 9.59 Å². The summed E-state index contributed by atoms with van der Waals surface area (Å²) < 4.78 is 22.9. The van der Waals surface area contributed by atoms with Crippen LogP contribution in [0.4, 0.5) is 11.4 Å². The summed E-state index contributed by atoms with van der Waals surface area (Å²) in [5.41, 5.74) is 2.62. The molecule has 2 rings (SSSR count). The average molecular weight is 389 g/mol. The van der Waals surface area contributed by atoms with Crippen LogP contribution in [-0.4, -0.2) is 39.6 Å². The van der Waals surface area contributed by atoms with Crippen molar-refractivity contribution < 1.29 is 18.0 Å². The number of carbonyl (C=O) groups excluding carboxylic acids is 2. The van der Waals surface area contributed by atoms with Crippen molar-refractivity contribution in [1.82, 2.24) is 5.32 Å². The van der Waals surface area contributed by atoms with Crippen LogP contribution in [0.1, 0.15) is 22.8 Å². The topological polar surface area (TPSA) is 104 Å². The highest BCUT2D eigenvalue weighted by Gasteiger charge is 2.10. The molecule has 0 aliphatic heterocycles. The molecule has 144 valence electrons. The number of hydrogen-bond acceptors (Lipinski definition) is 5. The van der Waals surface area contributed by atoms with Crippen molar-refractivity contribution in [2.75, 3.05) is 30.0 Å². The van der Waals surface area contributed by atoms with Gasteiger partial charge in [-0.2, -0.15) is 0 Å². The van der Waals surface area contributed by atoms with Crippen LogP contribution in [0.2, 0.25) is 0 Å². The van der Waals surface area contributed by atoms with Gasteiger partial charge < -0.3 is 16.0 Å². The first kappa shape index (κ1) is 20.4. The summed E-state index contributed by atoms with van der Waals surface area (Å²) in [5.74, 6) is -0.458. The third-order valence-electron chi connectivity index (χ3n) is 3.84. The molecule has 2 amide bonds. The largest absolute Gasteiger partial charge is 0.376 e. The second kappa shape index (κ2) is 8.68. The molecule has 3 N–H and O–H groups in total. The second-order valence-electron chi connectivity index (χ2n) is 6.09. The monoisotopic (exact) mass is 389 g/mol. The van der Waals surface area contributed by atoms with E-state index in [1.165, 1.54) is 24.3 Å². The van der Waals surface area contributed by atoms with Crippen LogP contribution >= 0.6 is 0 Å². The van der Waals surface area contributed by atoms with Crippen LogP contribution in [0.25, 0.3) is 0 Å². The summed E-state index contributed by atoms with van der Waals surface area (Å²) in [7, 11) is -3.27. The van der Waals surface area contributed by atoms with Crippen molar-refractivity contribution in [3.8, 4) is 0 Å². The molecule has 0 atom stereocenters. The molecule has 0 spiro atoms. The Morgan fingerprint density at radius 3 is 2.30 bits per heavy atom. The van der Waals surface area contributed by atoms with E-state index < -0.39 is 9.84 Å². The molecule has 2 aromatic rings. The predicted octanol–water partition coefficient (Wildman–Crippen LogP) is 2.20. The van der Waals surface area contributed by atoms with E-state index in [1.807, 2.05) is 19.9 Å². The smallest absolute Gasteiger partial charge is 0.251 e. The maximum absolute atomic E-state index is 12.1. The Kier molecular flexibility index (Phi) is 6.57. The van der Waals surface area contributed by atoms with Gasteiger partial charge in [-0.25, -0.2) is 8.42 Å². The lowest BCUT2D eigenvalue weighted by Gasteiger charge is -2.12. The van der Waals surface area contributed by atoms with Gasteiger partial charge in [0.15, 0.2) is 9.84 Å². The van der Waals surface area contributed by atoms with Crippen LogP contribution < -0.4 is 16.0 Å². The van der Waals surface area contributed by atoms with E-state index in [1.54, 1.807) is 12.1 Å². The number of hydrogen-bond donors (Lipinski definition) is 3. The first-order chi connectivity index (χ1) is 12.7. The predicted molar refractivity (Wildman–Crippen MR) is 106 cm³/mol. The maximum Gasteiger partial charge on any atom is 0.251 e. The number of nitrogens with one attached hydrogen (secondary N) is 3. The third-order valence-corrected chi connectivity index (χ3v) is 4.97. The van der Waals surface area contributed by atoms with E-state index in [9.17, 15) is 18.0 Å². The lowest BCUT2D eigenvalue weighted by molar-refractivity contribution is -0.114. The van der Waals surface area contributed by atoms with Crippen molar-refractivity contribution in [3.63, 3.8) is 0 Å². The zero-order chi connectivity index (χ0) is 20.0. The molecular formula is C19H23N3O4S. The van der Waals surface area contributed by atoms with E-state index >= 15 is 0 Å². The summed E-state index contributed by atoms with van der Waals surface area (Å²) in [5, 5.41) is 8.44. The van der Waals surface area contributed by atoms with Crippen LogP contribution in [0.5, 0.6) is 0 Å². The molecule has 0 saturated carbocycles. The zero-order valence-corrected chi connectivity index (χ0v) is 16.3. The minimum atomic E-state index is -3.27. The van der Waals surface area contributed by atoms with Crippen LogP contribution in [0, 0.1) is 6.92 Å². The first-order valence-corrected chi connectivity index (χ1v) is 10.3. The van der Waals surface area contributed by atoms with Crippen molar-refractivity contribution in [1.29, 1.82) is 0 Å². The van der Waals surface area contributed by atoms with Gasteiger partial charge in [-0.05, 0) is 55.8 Å². The molecule has 0 heterocycles. The van der Waals surface area contributed by atoms with Gasteiger partial charge in [-0.15, -0.1) is 0 Å². The quantitative estimate of drug-likeness (QED) is 0.673. The van der Waals surface area contributed by atoms with Crippen LogP contribution in [0.15, 0.2) is 47.4 Å². The SMILES string of the molecule is CCNC(=O)c1ccc(C)c(NCC(=O)Nc2ccc(S(C)(=O)=O)cc2)c1. The highest BCUT2D eigenvalue weighted by atomic mass is 32.2. The molecule has 0 saturated heterocycles. The molecule has 27 heavy (non-hydrogen) atoms. The number of carbonyl (C=O) groups is 2. The molecule has 0 fully saturated rings. The fourth-order valence-electron chi connectivity index (χ4n) is 2.38. The number of anilines is 2. The number of sulfone groups is 1. The molecule has 0 bridgehead atoms. The molecular weight excluding hydrogens is 366 g/mol. The van der Waals surface area contributed by atoms with E-state index in [0.29, 0.717) is 23.5 Å². The highest BCUT2D eigenvalue weighted by molar-refractivity contribution is 7.90. The fraction of sp³-hybridized carbons (Fsp3) is 0.263. The minimum Gasteiger partial charge on any atom is -0.376 e. The zero-order valence-electron chi connectivity index (χ0n) is 15.5. The van der Waals surface area contributed by atoms with Crippen LogP contribution in [-0.2, 0) is 14.6 Å².